The van der Waals surface area contributed by atoms with E-state index in [0.717, 1.165) is 5.56 Å². The molecule has 1 heterocycles. The molecule has 6 heteroatoms. The number of carbonyl (C=O) groups is 2. The molecule has 1 aliphatic rings. The number of ether oxygens (including phenoxy) is 2. The van der Waals surface area contributed by atoms with Crippen molar-refractivity contribution < 1.29 is 19.1 Å². The van der Waals surface area contributed by atoms with Crippen LogP contribution < -0.4 is 19.7 Å². The van der Waals surface area contributed by atoms with Crippen LogP contribution in [0.4, 0.5) is 11.4 Å². The van der Waals surface area contributed by atoms with E-state index in [-0.39, 0.29) is 18.2 Å². The molecule has 1 atom stereocenters. The monoisotopic (exact) mass is 368 g/mol. The van der Waals surface area contributed by atoms with Gasteiger partial charge in [0.25, 0.3) is 0 Å². The topological polar surface area (TPSA) is 67.9 Å². The standard InChI is InChI=1S/C21H24N2O4/c1-4-27-18-8-6-5-7-16(18)22-21(25)15-12-20(24)23(13-15)17-11-14(2)9-10-19(17)26-3/h5-11,15H,4,12-13H2,1-3H3,(H,22,25)/t15-/m0/s1. The summed E-state index contributed by atoms with van der Waals surface area (Å²) in [6.07, 6.45) is 0.166. The Balaban J connectivity index is 1.76. The zero-order valence-electron chi connectivity index (χ0n) is 15.8. The zero-order valence-corrected chi connectivity index (χ0v) is 15.8. The van der Waals surface area contributed by atoms with Crippen LogP contribution >= 0.6 is 0 Å². The van der Waals surface area contributed by atoms with Gasteiger partial charge in [-0.3, -0.25) is 9.59 Å². The maximum atomic E-state index is 12.7. The van der Waals surface area contributed by atoms with Crippen LogP contribution in [0.3, 0.4) is 0 Å². The summed E-state index contributed by atoms with van der Waals surface area (Å²) in [5.74, 6) is 0.533. The molecule has 1 fully saturated rings. The molecule has 142 valence electrons. The summed E-state index contributed by atoms with van der Waals surface area (Å²) >= 11 is 0. The van der Waals surface area contributed by atoms with Crippen LogP contribution in [0.5, 0.6) is 11.5 Å². The maximum Gasteiger partial charge on any atom is 0.229 e. The number of nitrogens with one attached hydrogen (secondary N) is 1. The first-order chi connectivity index (χ1) is 13.0. The van der Waals surface area contributed by atoms with Gasteiger partial charge >= 0.3 is 0 Å². The second-order valence-corrected chi connectivity index (χ2v) is 6.50. The third-order valence-electron chi connectivity index (χ3n) is 4.57. The van der Waals surface area contributed by atoms with Crippen LogP contribution in [0.2, 0.25) is 0 Å². The van der Waals surface area contributed by atoms with Crippen LogP contribution in [0.15, 0.2) is 42.5 Å². The van der Waals surface area contributed by atoms with Crippen LogP contribution in [0.25, 0.3) is 0 Å². The highest BCUT2D eigenvalue weighted by molar-refractivity contribution is 6.04. The normalized spacial score (nSPS) is 16.3. The third-order valence-corrected chi connectivity index (χ3v) is 4.57. The molecule has 0 saturated carbocycles. The number of para-hydroxylation sites is 2. The Labute approximate surface area is 159 Å². The molecule has 6 nitrogen and oxygen atoms in total. The highest BCUT2D eigenvalue weighted by Gasteiger charge is 2.36. The summed E-state index contributed by atoms with van der Waals surface area (Å²) in [6, 6.07) is 13.0. The number of aryl methyl sites for hydroxylation is 1. The number of benzene rings is 2. The van der Waals surface area contributed by atoms with Gasteiger partial charge in [-0.05, 0) is 43.7 Å². The van der Waals surface area contributed by atoms with Crippen LogP contribution in [0, 0.1) is 12.8 Å². The lowest BCUT2D eigenvalue weighted by Gasteiger charge is -2.20. The van der Waals surface area contributed by atoms with Crippen molar-refractivity contribution in [2.75, 3.05) is 30.5 Å². The molecule has 3 rings (SSSR count). The van der Waals surface area contributed by atoms with Crippen LogP contribution in [-0.4, -0.2) is 32.1 Å². The predicted octanol–water partition coefficient (Wildman–Crippen LogP) is 3.39. The molecule has 1 saturated heterocycles. The number of carbonyl (C=O) groups excluding carboxylic acids is 2. The number of methoxy groups -OCH3 is 1. The van der Waals surface area contributed by atoms with Gasteiger partial charge in [0.05, 0.1) is 31.0 Å². The Morgan fingerprint density at radius 2 is 2.00 bits per heavy atom. The molecule has 0 aromatic heterocycles. The molecule has 2 aromatic carbocycles. The molecule has 0 bridgehead atoms. The van der Waals surface area contributed by atoms with Gasteiger partial charge in [0.2, 0.25) is 11.8 Å². The molecular formula is C21H24N2O4. The number of hydrogen-bond acceptors (Lipinski definition) is 4. The van der Waals surface area contributed by atoms with Crippen molar-refractivity contribution >= 4 is 23.2 Å². The molecule has 1 aliphatic heterocycles. The predicted molar refractivity (Wildman–Crippen MR) is 104 cm³/mol. The summed E-state index contributed by atoms with van der Waals surface area (Å²) in [7, 11) is 1.57. The molecule has 2 aromatic rings. The number of rotatable bonds is 6. The van der Waals surface area contributed by atoms with E-state index in [1.54, 1.807) is 18.1 Å². The lowest BCUT2D eigenvalue weighted by molar-refractivity contribution is -0.122. The number of hydrogen-bond donors (Lipinski definition) is 1. The SMILES string of the molecule is CCOc1ccccc1NC(=O)[C@H]1CC(=O)N(c2cc(C)ccc2OC)C1. The number of anilines is 2. The van der Waals surface area contributed by atoms with E-state index in [4.69, 9.17) is 9.47 Å². The highest BCUT2D eigenvalue weighted by Crippen LogP contribution is 2.34. The smallest absolute Gasteiger partial charge is 0.229 e. The summed E-state index contributed by atoms with van der Waals surface area (Å²) in [5.41, 5.74) is 2.34. The van der Waals surface area contributed by atoms with E-state index in [9.17, 15) is 9.59 Å². The fourth-order valence-corrected chi connectivity index (χ4v) is 3.21. The lowest BCUT2D eigenvalue weighted by atomic mass is 10.1. The summed E-state index contributed by atoms with van der Waals surface area (Å²) in [6.45, 7) is 4.68. The Hall–Kier alpha value is -3.02. The lowest BCUT2D eigenvalue weighted by Crippen LogP contribution is -2.28. The minimum absolute atomic E-state index is 0.0860. The Morgan fingerprint density at radius 3 is 2.74 bits per heavy atom. The van der Waals surface area contributed by atoms with Gasteiger partial charge in [-0.15, -0.1) is 0 Å². The molecule has 2 amide bonds. The van der Waals surface area contributed by atoms with E-state index in [1.807, 2.05) is 50.2 Å². The van der Waals surface area contributed by atoms with Gasteiger partial charge in [0.15, 0.2) is 0 Å². The third kappa shape index (κ3) is 4.05. The zero-order chi connectivity index (χ0) is 19.4. The quantitative estimate of drug-likeness (QED) is 0.849. The number of amides is 2. The van der Waals surface area contributed by atoms with E-state index in [1.165, 1.54) is 0 Å². The van der Waals surface area contributed by atoms with E-state index in [2.05, 4.69) is 5.32 Å². The minimum Gasteiger partial charge on any atom is -0.495 e. The van der Waals surface area contributed by atoms with Crippen LogP contribution in [0.1, 0.15) is 18.9 Å². The van der Waals surface area contributed by atoms with E-state index >= 15 is 0 Å². The van der Waals surface area contributed by atoms with Gasteiger partial charge in [0.1, 0.15) is 11.5 Å². The van der Waals surface area contributed by atoms with Crippen molar-refractivity contribution in [1.82, 2.24) is 0 Å². The largest absolute Gasteiger partial charge is 0.495 e. The Bertz CT molecular complexity index is 850. The van der Waals surface area contributed by atoms with Crippen molar-refractivity contribution in [3.8, 4) is 11.5 Å². The van der Waals surface area contributed by atoms with Crippen molar-refractivity contribution in [2.45, 2.75) is 20.3 Å². The summed E-state index contributed by atoms with van der Waals surface area (Å²) in [4.78, 5) is 26.9. The number of nitrogens with zero attached hydrogens (tertiary/aromatic N) is 1. The van der Waals surface area contributed by atoms with Crippen molar-refractivity contribution in [1.29, 1.82) is 0 Å². The summed E-state index contributed by atoms with van der Waals surface area (Å²) < 4.78 is 10.9. The van der Waals surface area contributed by atoms with E-state index < -0.39 is 5.92 Å². The van der Waals surface area contributed by atoms with Crippen molar-refractivity contribution in [3.05, 3.63) is 48.0 Å². The molecule has 0 unspecified atom stereocenters. The Kier molecular flexibility index (Phi) is 5.64. The summed E-state index contributed by atoms with van der Waals surface area (Å²) in [5, 5.41) is 2.90. The average Bonchev–Trinajstić information content (AvgIpc) is 3.05. The first-order valence-electron chi connectivity index (χ1n) is 9.01. The van der Waals surface area contributed by atoms with Crippen molar-refractivity contribution in [2.24, 2.45) is 5.92 Å². The minimum atomic E-state index is -0.433. The molecule has 0 radical (unpaired) electrons. The highest BCUT2D eigenvalue weighted by atomic mass is 16.5. The molecule has 27 heavy (non-hydrogen) atoms. The van der Waals surface area contributed by atoms with Crippen molar-refractivity contribution in [3.63, 3.8) is 0 Å². The van der Waals surface area contributed by atoms with Gasteiger partial charge in [-0.2, -0.15) is 0 Å². The van der Waals surface area contributed by atoms with Crippen LogP contribution in [-0.2, 0) is 9.59 Å². The maximum absolute atomic E-state index is 12.7. The molecular weight excluding hydrogens is 344 g/mol. The first kappa shape index (κ1) is 18.8. The van der Waals surface area contributed by atoms with E-state index in [0.29, 0.717) is 36.0 Å². The molecule has 1 N–H and O–H groups in total. The Morgan fingerprint density at radius 1 is 1.22 bits per heavy atom. The molecule has 0 aliphatic carbocycles. The fraction of sp³-hybridized carbons (Fsp3) is 0.333. The van der Waals surface area contributed by atoms with Gasteiger partial charge in [0, 0.05) is 13.0 Å². The molecule has 0 spiro atoms. The second kappa shape index (κ2) is 8.12. The van der Waals surface area contributed by atoms with Gasteiger partial charge < -0.3 is 19.7 Å². The average molecular weight is 368 g/mol. The second-order valence-electron chi connectivity index (χ2n) is 6.50. The van der Waals surface area contributed by atoms with Gasteiger partial charge in [-0.1, -0.05) is 18.2 Å². The first-order valence-corrected chi connectivity index (χ1v) is 9.01. The fourth-order valence-electron chi connectivity index (χ4n) is 3.21. The van der Waals surface area contributed by atoms with Gasteiger partial charge in [-0.25, -0.2) is 0 Å².